The predicted octanol–water partition coefficient (Wildman–Crippen LogP) is 13.5. The van der Waals surface area contributed by atoms with Gasteiger partial charge in [-0.3, -0.25) is 0 Å². The van der Waals surface area contributed by atoms with E-state index in [1.54, 1.807) is 0 Å². The Bertz CT molecular complexity index is 2790. The zero-order chi connectivity index (χ0) is 38.7. The van der Waals surface area contributed by atoms with Crippen molar-refractivity contribution in [3.8, 4) is 101 Å². The molecule has 0 atom stereocenters. The molecule has 10 aromatic rings. The van der Waals surface area contributed by atoms with E-state index in [4.69, 9.17) is 8.83 Å². The van der Waals surface area contributed by atoms with Gasteiger partial charge in [0.25, 0.3) is 0 Å². The van der Waals surface area contributed by atoms with Crippen LogP contribution in [0.15, 0.2) is 215 Å². The molecule has 10 rings (SSSR count). The van der Waals surface area contributed by atoms with Crippen molar-refractivity contribution in [1.29, 1.82) is 0 Å². The largest absolute Gasteiger partial charge is 0.416 e. The summed E-state index contributed by atoms with van der Waals surface area (Å²) in [6.07, 6.45) is 0. The van der Waals surface area contributed by atoms with Crippen LogP contribution in [0.1, 0.15) is 0 Å². The Hall–Kier alpha value is -7.96. The Morgan fingerprint density at radius 2 is 0.517 bits per heavy atom. The first-order valence-electron chi connectivity index (χ1n) is 19.1. The molecule has 0 spiro atoms. The fraction of sp³-hybridized carbons (Fsp3) is 0. The quantitative estimate of drug-likeness (QED) is 0.146. The minimum atomic E-state index is 0.447. The number of benzene rings is 8. The average Bonchev–Trinajstić information content (AvgIpc) is 4.02. The summed E-state index contributed by atoms with van der Waals surface area (Å²) in [6, 6.07) is 70.6. The molecule has 6 nitrogen and oxygen atoms in total. The first-order valence-corrected chi connectivity index (χ1v) is 19.1. The van der Waals surface area contributed by atoms with Gasteiger partial charge in [0.2, 0.25) is 23.6 Å². The number of rotatable bonds is 9. The van der Waals surface area contributed by atoms with Gasteiger partial charge in [-0.25, -0.2) is 0 Å². The van der Waals surface area contributed by atoms with Crippen LogP contribution < -0.4 is 0 Å². The number of hydrogen-bond acceptors (Lipinski definition) is 6. The van der Waals surface area contributed by atoms with E-state index in [2.05, 4.69) is 154 Å². The molecule has 0 aliphatic heterocycles. The van der Waals surface area contributed by atoms with Gasteiger partial charge in [0.05, 0.1) is 0 Å². The Labute approximate surface area is 335 Å². The van der Waals surface area contributed by atoms with Crippen LogP contribution in [0.4, 0.5) is 0 Å². The van der Waals surface area contributed by atoms with Gasteiger partial charge in [-0.15, -0.1) is 20.4 Å². The van der Waals surface area contributed by atoms with E-state index in [9.17, 15) is 0 Å². The van der Waals surface area contributed by atoms with Gasteiger partial charge in [0.15, 0.2) is 0 Å². The highest BCUT2D eigenvalue weighted by atomic mass is 16.4. The molecule has 58 heavy (non-hydrogen) atoms. The SMILES string of the molecule is c1ccc(-c2cccc(-c3cc(-c4nnc(-c5ccccc5)o4)ccc3-c3ccc(-c4nnc(-c5ccccc5)o4)cc3-c3cccc(-c4ccccc4)c3)c2)cc1. The van der Waals surface area contributed by atoms with Crippen molar-refractivity contribution in [2.75, 3.05) is 0 Å². The lowest BCUT2D eigenvalue weighted by atomic mass is 9.86. The molecule has 0 bridgehead atoms. The van der Waals surface area contributed by atoms with Crippen LogP contribution in [0.25, 0.3) is 101 Å². The van der Waals surface area contributed by atoms with Crippen molar-refractivity contribution >= 4 is 0 Å². The molecule has 0 N–H and O–H groups in total. The highest BCUT2D eigenvalue weighted by molar-refractivity contribution is 5.95. The zero-order valence-electron chi connectivity index (χ0n) is 31.2. The van der Waals surface area contributed by atoms with Crippen LogP contribution in [0, 0.1) is 0 Å². The van der Waals surface area contributed by atoms with Crippen LogP contribution in [-0.2, 0) is 0 Å². The molecule has 0 aliphatic rings. The van der Waals surface area contributed by atoms with Crippen LogP contribution in [0.2, 0.25) is 0 Å². The lowest BCUT2D eigenvalue weighted by Crippen LogP contribution is -1.93. The van der Waals surface area contributed by atoms with E-state index in [0.717, 1.165) is 77.9 Å². The van der Waals surface area contributed by atoms with Crippen molar-refractivity contribution in [2.24, 2.45) is 0 Å². The lowest BCUT2D eigenvalue weighted by molar-refractivity contribution is 0.584. The van der Waals surface area contributed by atoms with Crippen LogP contribution >= 0.6 is 0 Å². The topological polar surface area (TPSA) is 77.8 Å². The molecule has 274 valence electrons. The summed E-state index contributed by atoms with van der Waals surface area (Å²) in [5.74, 6) is 1.84. The average molecular weight is 747 g/mol. The minimum absolute atomic E-state index is 0.447. The highest BCUT2D eigenvalue weighted by Crippen LogP contribution is 2.43. The molecule has 2 aromatic heterocycles. The molecule has 6 heteroatoms. The number of nitrogens with zero attached hydrogens (tertiary/aromatic N) is 4. The van der Waals surface area contributed by atoms with E-state index in [-0.39, 0.29) is 0 Å². The summed E-state index contributed by atoms with van der Waals surface area (Å²) < 4.78 is 12.6. The van der Waals surface area contributed by atoms with Gasteiger partial charge in [0, 0.05) is 22.3 Å². The van der Waals surface area contributed by atoms with Crippen molar-refractivity contribution in [3.63, 3.8) is 0 Å². The van der Waals surface area contributed by atoms with Gasteiger partial charge in [-0.2, -0.15) is 0 Å². The van der Waals surface area contributed by atoms with Crippen LogP contribution in [0.5, 0.6) is 0 Å². The standard InChI is InChI=1S/C52H34N4O2/c1-5-15-35(16-6-1)39-23-13-25-41(31-39)47-33-43(51-55-53-49(57-51)37-19-9-3-10-20-37)27-29-45(47)46-30-28-44(52-56-54-50(58-52)38-21-11-4-12-22-38)34-48(46)42-26-14-24-40(32-42)36-17-7-2-8-18-36/h1-34H. The molecule has 0 amide bonds. The minimum Gasteiger partial charge on any atom is -0.416 e. The number of hydrogen-bond donors (Lipinski definition) is 0. The lowest BCUT2D eigenvalue weighted by Gasteiger charge is -2.18. The van der Waals surface area contributed by atoms with E-state index in [1.807, 2.05) is 72.8 Å². The summed E-state index contributed by atoms with van der Waals surface area (Å²) in [5, 5.41) is 17.8. The van der Waals surface area contributed by atoms with Crippen molar-refractivity contribution in [3.05, 3.63) is 206 Å². The molecule has 2 heterocycles. The summed E-state index contributed by atoms with van der Waals surface area (Å²) in [5.41, 5.74) is 14.1. The molecule has 0 aliphatic carbocycles. The maximum atomic E-state index is 6.29. The van der Waals surface area contributed by atoms with Gasteiger partial charge in [0.1, 0.15) is 0 Å². The molecule has 0 unspecified atom stereocenters. The fourth-order valence-electron chi connectivity index (χ4n) is 7.37. The van der Waals surface area contributed by atoms with Gasteiger partial charge < -0.3 is 8.83 Å². The molecule has 0 fully saturated rings. The third kappa shape index (κ3) is 6.91. The molecule has 0 saturated heterocycles. The van der Waals surface area contributed by atoms with Crippen LogP contribution in [0.3, 0.4) is 0 Å². The van der Waals surface area contributed by atoms with E-state index in [0.29, 0.717) is 23.6 Å². The second-order valence-corrected chi connectivity index (χ2v) is 14.0. The monoisotopic (exact) mass is 746 g/mol. The van der Waals surface area contributed by atoms with Crippen LogP contribution in [-0.4, -0.2) is 20.4 Å². The Balaban J connectivity index is 1.16. The van der Waals surface area contributed by atoms with Gasteiger partial charge >= 0.3 is 0 Å². The maximum Gasteiger partial charge on any atom is 0.248 e. The Morgan fingerprint density at radius 3 is 0.897 bits per heavy atom. The molecular weight excluding hydrogens is 713 g/mol. The van der Waals surface area contributed by atoms with Crippen molar-refractivity contribution < 1.29 is 8.83 Å². The first-order chi connectivity index (χ1) is 28.7. The van der Waals surface area contributed by atoms with Gasteiger partial charge in [-0.05, 0) is 116 Å². The summed E-state index contributed by atoms with van der Waals surface area (Å²) in [4.78, 5) is 0. The smallest absolute Gasteiger partial charge is 0.248 e. The Morgan fingerprint density at radius 1 is 0.207 bits per heavy atom. The predicted molar refractivity (Wildman–Crippen MR) is 231 cm³/mol. The van der Waals surface area contributed by atoms with E-state index < -0.39 is 0 Å². The Kier molecular flexibility index (Phi) is 9.10. The molecule has 0 radical (unpaired) electrons. The third-order valence-corrected chi connectivity index (χ3v) is 10.3. The first kappa shape index (κ1) is 34.5. The second-order valence-electron chi connectivity index (χ2n) is 14.0. The maximum absolute atomic E-state index is 6.29. The third-order valence-electron chi connectivity index (χ3n) is 10.3. The molecule has 8 aromatic carbocycles. The molecule has 0 saturated carbocycles. The second kappa shape index (κ2) is 15.3. The van der Waals surface area contributed by atoms with E-state index in [1.165, 1.54) is 0 Å². The van der Waals surface area contributed by atoms with Crippen molar-refractivity contribution in [1.82, 2.24) is 20.4 Å². The normalized spacial score (nSPS) is 11.1. The van der Waals surface area contributed by atoms with Crippen molar-refractivity contribution in [2.45, 2.75) is 0 Å². The zero-order valence-corrected chi connectivity index (χ0v) is 31.2. The molecular formula is C52H34N4O2. The highest BCUT2D eigenvalue weighted by Gasteiger charge is 2.20. The summed E-state index contributed by atoms with van der Waals surface area (Å²) in [6.45, 7) is 0. The number of aromatic nitrogens is 4. The van der Waals surface area contributed by atoms with E-state index >= 15 is 0 Å². The van der Waals surface area contributed by atoms with Gasteiger partial charge in [-0.1, -0.05) is 146 Å². The fourth-order valence-corrected chi connectivity index (χ4v) is 7.37. The summed E-state index contributed by atoms with van der Waals surface area (Å²) >= 11 is 0. The summed E-state index contributed by atoms with van der Waals surface area (Å²) in [7, 11) is 0.